The minimum Gasteiger partial charge on any atom is -0.446 e. The van der Waals surface area contributed by atoms with E-state index in [2.05, 4.69) is 15.9 Å². The first kappa shape index (κ1) is 14.9. The van der Waals surface area contributed by atoms with Crippen molar-refractivity contribution in [3.8, 4) is 0 Å². The quantitative estimate of drug-likeness (QED) is 0.814. The summed E-state index contributed by atoms with van der Waals surface area (Å²) in [6, 6.07) is 4.11. The van der Waals surface area contributed by atoms with E-state index in [0.29, 0.717) is 0 Å². The highest BCUT2D eigenvalue weighted by molar-refractivity contribution is 9.10. The van der Waals surface area contributed by atoms with Crippen LogP contribution in [0.3, 0.4) is 0 Å². The fourth-order valence-corrected chi connectivity index (χ4v) is 2.73. The van der Waals surface area contributed by atoms with Crippen LogP contribution in [0.25, 0.3) is 0 Å². The van der Waals surface area contributed by atoms with Gasteiger partial charge in [-0.3, -0.25) is 4.72 Å². The minimum absolute atomic E-state index is 0.0246. The lowest BCUT2D eigenvalue weighted by Crippen LogP contribution is -2.13. The van der Waals surface area contributed by atoms with Crippen LogP contribution in [-0.2, 0) is 16.6 Å². The van der Waals surface area contributed by atoms with Crippen molar-refractivity contribution < 1.29 is 21.6 Å². The van der Waals surface area contributed by atoms with Gasteiger partial charge < -0.3 is 10.2 Å². The molecule has 9 heteroatoms. The Labute approximate surface area is 121 Å². The number of furan rings is 1. The second-order valence-corrected chi connectivity index (χ2v) is 6.24. The third kappa shape index (κ3) is 3.00. The first-order chi connectivity index (χ1) is 9.33. The first-order valence-electron chi connectivity index (χ1n) is 5.29. The lowest BCUT2D eigenvalue weighted by atomic mass is 10.3. The zero-order valence-corrected chi connectivity index (χ0v) is 12.3. The van der Waals surface area contributed by atoms with Crippen LogP contribution in [0.2, 0.25) is 0 Å². The predicted molar refractivity (Wildman–Crippen MR) is 71.5 cm³/mol. The highest BCUT2D eigenvalue weighted by atomic mass is 79.9. The number of sulfonamides is 1. The molecule has 0 atom stereocenters. The van der Waals surface area contributed by atoms with Gasteiger partial charge in [-0.25, -0.2) is 8.78 Å². The molecule has 2 aromatic rings. The molecule has 0 amide bonds. The highest BCUT2D eigenvalue weighted by Gasteiger charge is 2.21. The van der Waals surface area contributed by atoms with Crippen LogP contribution < -0.4 is 10.5 Å². The minimum atomic E-state index is -4.15. The standard InChI is InChI=1S/C11H9BrF2N2O3S/c12-7-3-9(14)10(4-8(7)13)16-20(17,18)11-2-1-6(5-15)19-11/h1-4,16H,5,15H2. The van der Waals surface area contributed by atoms with E-state index in [1.807, 2.05) is 4.72 Å². The summed E-state index contributed by atoms with van der Waals surface area (Å²) in [6.07, 6.45) is 0. The molecule has 0 spiro atoms. The maximum Gasteiger partial charge on any atom is 0.295 e. The number of anilines is 1. The van der Waals surface area contributed by atoms with Crippen molar-refractivity contribution in [1.29, 1.82) is 0 Å². The van der Waals surface area contributed by atoms with Gasteiger partial charge >= 0.3 is 0 Å². The van der Waals surface area contributed by atoms with Gasteiger partial charge in [0.05, 0.1) is 16.7 Å². The fourth-order valence-electron chi connectivity index (χ4n) is 1.41. The molecule has 1 heterocycles. The Bertz CT molecular complexity index is 746. The normalized spacial score (nSPS) is 11.6. The van der Waals surface area contributed by atoms with Crippen molar-refractivity contribution in [2.75, 3.05) is 4.72 Å². The molecule has 0 bridgehead atoms. The van der Waals surface area contributed by atoms with Gasteiger partial charge in [-0.2, -0.15) is 8.42 Å². The molecule has 0 saturated heterocycles. The van der Waals surface area contributed by atoms with Crippen LogP contribution in [0.5, 0.6) is 0 Å². The Morgan fingerprint density at radius 1 is 1.25 bits per heavy atom. The number of halogens is 3. The number of hydrogen-bond donors (Lipinski definition) is 2. The number of nitrogens with one attached hydrogen (secondary N) is 1. The van der Waals surface area contributed by atoms with Crippen LogP contribution in [0.4, 0.5) is 14.5 Å². The molecule has 0 aliphatic carbocycles. The SMILES string of the molecule is NCc1ccc(S(=O)(=O)Nc2cc(F)c(Br)cc2F)o1. The summed E-state index contributed by atoms with van der Waals surface area (Å²) in [6.45, 7) is 0.0246. The Kier molecular flexibility index (Phi) is 4.11. The molecule has 0 fully saturated rings. The van der Waals surface area contributed by atoms with Crippen molar-refractivity contribution in [2.45, 2.75) is 11.6 Å². The second-order valence-electron chi connectivity index (χ2n) is 3.78. The second kappa shape index (κ2) is 5.51. The van der Waals surface area contributed by atoms with Gasteiger partial charge in [-0.05, 0) is 34.1 Å². The lowest BCUT2D eigenvalue weighted by molar-refractivity contribution is 0.417. The summed E-state index contributed by atoms with van der Waals surface area (Å²) in [5, 5.41) is -0.430. The van der Waals surface area contributed by atoms with Gasteiger partial charge in [0.1, 0.15) is 17.4 Å². The van der Waals surface area contributed by atoms with Gasteiger partial charge in [-0.1, -0.05) is 0 Å². The summed E-state index contributed by atoms with van der Waals surface area (Å²) in [5.41, 5.74) is 4.78. The largest absolute Gasteiger partial charge is 0.446 e. The van der Waals surface area contributed by atoms with Gasteiger partial charge in [0.15, 0.2) is 0 Å². The molecule has 0 aliphatic heterocycles. The van der Waals surface area contributed by atoms with E-state index in [1.165, 1.54) is 12.1 Å². The number of benzene rings is 1. The van der Waals surface area contributed by atoms with E-state index in [0.717, 1.165) is 12.1 Å². The Hall–Kier alpha value is -1.45. The van der Waals surface area contributed by atoms with E-state index < -0.39 is 32.4 Å². The number of rotatable bonds is 4. The number of nitrogens with two attached hydrogens (primary N) is 1. The summed E-state index contributed by atoms with van der Waals surface area (Å²) >= 11 is 2.79. The van der Waals surface area contributed by atoms with E-state index in [1.54, 1.807) is 0 Å². The van der Waals surface area contributed by atoms with Crippen molar-refractivity contribution in [3.05, 3.63) is 46.1 Å². The zero-order valence-electron chi connectivity index (χ0n) is 9.86. The molecule has 5 nitrogen and oxygen atoms in total. The molecule has 0 unspecified atom stereocenters. The highest BCUT2D eigenvalue weighted by Crippen LogP contribution is 2.26. The van der Waals surface area contributed by atoms with Gasteiger partial charge in [0.2, 0.25) is 5.09 Å². The molecule has 108 valence electrons. The summed E-state index contributed by atoms with van der Waals surface area (Å²) in [7, 11) is -4.15. The summed E-state index contributed by atoms with van der Waals surface area (Å²) < 4.78 is 57.5. The zero-order chi connectivity index (χ0) is 14.9. The van der Waals surface area contributed by atoms with E-state index in [9.17, 15) is 17.2 Å². The van der Waals surface area contributed by atoms with Crippen molar-refractivity contribution in [2.24, 2.45) is 5.73 Å². The molecule has 20 heavy (non-hydrogen) atoms. The molecule has 3 N–H and O–H groups in total. The molecule has 0 aliphatic rings. The van der Waals surface area contributed by atoms with Crippen LogP contribution >= 0.6 is 15.9 Å². The predicted octanol–water partition coefficient (Wildman–Crippen LogP) is 2.58. The fraction of sp³-hybridized carbons (Fsp3) is 0.0909. The Morgan fingerprint density at radius 2 is 1.95 bits per heavy atom. The third-order valence-corrected chi connectivity index (χ3v) is 4.20. The lowest BCUT2D eigenvalue weighted by Gasteiger charge is -2.07. The maximum absolute atomic E-state index is 13.6. The Balaban J connectivity index is 2.35. The topological polar surface area (TPSA) is 85.3 Å². The van der Waals surface area contributed by atoms with E-state index >= 15 is 0 Å². The molecular weight excluding hydrogens is 358 g/mol. The van der Waals surface area contributed by atoms with Crippen molar-refractivity contribution in [3.63, 3.8) is 0 Å². The van der Waals surface area contributed by atoms with Gasteiger partial charge in [0.25, 0.3) is 10.0 Å². The maximum atomic E-state index is 13.6. The van der Waals surface area contributed by atoms with E-state index in [-0.39, 0.29) is 16.8 Å². The van der Waals surface area contributed by atoms with Crippen LogP contribution in [0.15, 0.2) is 38.2 Å². The van der Waals surface area contributed by atoms with Gasteiger partial charge in [-0.15, -0.1) is 0 Å². The Morgan fingerprint density at radius 3 is 2.55 bits per heavy atom. The smallest absolute Gasteiger partial charge is 0.295 e. The van der Waals surface area contributed by atoms with Crippen LogP contribution in [-0.4, -0.2) is 8.42 Å². The summed E-state index contributed by atoms with van der Waals surface area (Å²) in [5.74, 6) is -1.47. The monoisotopic (exact) mass is 366 g/mol. The van der Waals surface area contributed by atoms with Crippen molar-refractivity contribution >= 4 is 31.6 Å². The molecule has 2 rings (SSSR count). The number of hydrogen-bond acceptors (Lipinski definition) is 4. The molecule has 0 saturated carbocycles. The van der Waals surface area contributed by atoms with Crippen LogP contribution in [0, 0.1) is 11.6 Å². The van der Waals surface area contributed by atoms with Gasteiger partial charge in [0, 0.05) is 6.07 Å². The average molecular weight is 367 g/mol. The molecular formula is C11H9BrF2N2O3S. The summed E-state index contributed by atoms with van der Waals surface area (Å²) in [4.78, 5) is 0. The molecule has 1 aromatic heterocycles. The third-order valence-electron chi connectivity index (χ3n) is 2.36. The molecule has 1 aromatic carbocycles. The average Bonchev–Trinajstić information content (AvgIpc) is 2.85. The van der Waals surface area contributed by atoms with Crippen molar-refractivity contribution in [1.82, 2.24) is 0 Å². The first-order valence-corrected chi connectivity index (χ1v) is 7.57. The van der Waals surface area contributed by atoms with E-state index in [4.69, 9.17) is 10.2 Å². The molecule has 0 radical (unpaired) electrons. The van der Waals surface area contributed by atoms with Crippen LogP contribution in [0.1, 0.15) is 5.76 Å².